The minimum atomic E-state index is -2.44. The lowest BCUT2D eigenvalue weighted by molar-refractivity contribution is -0.221. The Morgan fingerprint density at radius 2 is 1.85 bits per heavy atom. The van der Waals surface area contributed by atoms with Crippen molar-refractivity contribution in [1.29, 1.82) is 0 Å². The van der Waals surface area contributed by atoms with E-state index in [2.05, 4.69) is 5.32 Å². The Bertz CT molecular complexity index is 1030. The number of carbonyl (C=O) groups excluding carboxylic acids is 3. The molecule has 3 aliphatic heterocycles. The van der Waals surface area contributed by atoms with Crippen LogP contribution in [0.25, 0.3) is 0 Å². The Kier molecular flexibility index (Phi) is 6.16. The van der Waals surface area contributed by atoms with Gasteiger partial charge in [0.15, 0.2) is 11.9 Å². The maximum atomic E-state index is 13.5. The van der Waals surface area contributed by atoms with Gasteiger partial charge in [0.05, 0.1) is 12.2 Å². The molecule has 34 heavy (non-hydrogen) atoms. The van der Waals surface area contributed by atoms with Gasteiger partial charge in [-0.2, -0.15) is 0 Å². The molecule has 0 saturated carbocycles. The Morgan fingerprint density at radius 1 is 1.18 bits per heavy atom. The monoisotopic (exact) mass is 475 g/mol. The third-order valence-corrected chi connectivity index (χ3v) is 6.99. The van der Waals surface area contributed by atoms with E-state index < -0.39 is 40.7 Å². The summed E-state index contributed by atoms with van der Waals surface area (Å²) in [6.45, 7) is 3.38. The quantitative estimate of drug-likeness (QED) is 0.436. The number of nitrogens with one attached hydrogen (secondary N) is 1. The van der Waals surface area contributed by atoms with E-state index in [-0.39, 0.29) is 35.5 Å². The van der Waals surface area contributed by atoms with Gasteiger partial charge in [0.1, 0.15) is 0 Å². The molecule has 3 heterocycles. The third-order valence-electron chi connectivity index (χ3n) is 6.99. The standard InChI is InChI=1S/C24H29NO9/c1-6-15-16(30-3)12-22(31-4,33-15)19-13(2)17(26)23(34-19)20(28)24(32-5,25-21(23)29)18(27)14-10-8-7-9-11-14/h7-11,15-16,20,28H,6,12H2,1-5H3,(H,25,29)/t15-,16-,20+,22-,23+,24+/m0/s1. The number of rotatable bonds is 7. The number of methoxy groups -OCH3 is 3. The van der Waals surface area contributed by atoms with Gasteiger partial charge in [-0.3, -0.25) is 14.4 Å². The van der Waals surface area contributed by atoms with Gasteiger partial charge < -0.3 is 34.1 Å². The molecule has 0 aromatic heterocycles. The first kappa shape index (κ1) is 24.5. The van der Waals surface area contributed by atoms with Crippen molar-refractivity contribution < 1.29 is 43.2 Å². The molecule has 1 spiro atoms. The molecule has 2 saturated heterocycles. The second-order valence-electron chi connectivity index (χ2n) is 8.61. The maximum absolute atomic E-state index is 13.5. The number of amides is 1. The smallest absolute Gasteiger partial charge is 0.278 e. The molecule has 184 valence electrons. The van der Waals surface area contributed by atoms with E-state index in [1.807, 2.05) is 6.92 Å². The van der Waals surface area contributed by atoms with Crippen LogP contribution in [0.15, 0.2) is 41.7 Å². The van der Waals surface area contributed by atoms with Gasteiger partial charge in [-0.25, -0.2) is 0 Å². The number of Topliss-reactive ketones (excluding diaryl/α,β-unsaturated/α-hetero) is 2. The van der Waals surface area contributed by atoms with E-state index in [1.54, 1.807) is 25.3 Å². The van der Waals surface area contributed by atoms with Gasteiger partial charge in [0.2, 0.25) is 23.1 Å². The van der Waals surface area contributed by atoms with E-state index in [0.29, 0.717) is 6.42 Å². The molecule has 10 heteroatoms. The first-order chi connectivity index (χ1) is 16.2. The lowest BCUT2D eigenvalue weighted by Crippen LogP contribution is -2.60. The Balaban J connectivity index is 1.74. The summed E-state index contributed by atoms with van der Waals surface area (Å²) >= 11 is 0. The summed E-state index contributed by atoms with van der Waals surface area (Å²) in [6, 6.07) is 8.01. The lowest BCUT2D eigenvalue weighted by atomic mass is 9.85. The van der Waals surface area contributed by atoms with Crippen molar-refractivity contribution in [1.82, 2.24) is 5.32 Å². The fourth-order valence-electron chi connectivity index (χ4n) is 5.06. The number of carbonyl (C=O) groups is 3. The molecule has 4 rings (SSSR count). The molecule has 2 fully saturated rings. The Morgan fingerprint density at radius 3 is 2.38 bits per heavy atom. The SMILES string of the molecule is CC[C@@H]1O[C@](OC)(C2=C(C)C(=O)[C@]3(O2)C(=O)N[C@@](OC)(C(=O)c2ccccc2)[C@@H]3O)C[C@@H]1OC. The molecule has 1 amide bonds. The summed E-state index contributed by atoms with van der Waals surface area (Å²) in [5.74, 6) is -4.07. The number of ketones is 2. The summed E-state index contributed by atoms with van der Waals surface area (Å²) in [5.41, 5.74) is -4.46. The highest BCUT2D eigenvalue weighted by molar-refractivity contribution is 6.23. The van der Waals surface area contributed by atoms with Crippen LogP contribution >= 0.6 is 0 Å². The summed E-state index contributed by atoms with van der Waals surface area (Å²) in [6.07, 6.45) is -1.89. The molecule has 6 atom stereocenters. The first-order valence-corrected chi connectivity index (χ1v) is 11.0. The third kappa shape index (κ3) is 3.10. The van der Waals surface area contributed by atoms with Gasteiger partial charge in [0.25, 0.3) is 11.5 Å². The molecular weight excluding hydrogens is 446 g/mol. The number of hydrogen-bond donors (Lipinski definition) is 2. The summed E-state index contributed by atoms with van der Waals surface area (Å²) in [4.78, 5) is 40.2. The predicted octanol–water partition coefficient (Wildman–Crippen LogP) is 0.871. The van der Waals surface area contributed by atoms with E-state index in [1.165, 1.54) is 26.2 Å². The van der Waals surface area contributed by atoms with E-state index in [0.717, 1.165) is 7.11 Å². The number of ether oxygens (including phenoxy) is 5. The fourth-order valence-corrected chi connectivity index (χ4v) is 5.06. The van der Waals surface area contributed by atoms with Gasteiger partial charge in [-0.05, 0) is 13.3 Å². The molecule has 2 N–H and O–H groups in total. The van der Waals surface area contributed by atoms with Gasteiger partial charge in [-0.1, -0.05) is 37.3 Å². The highest BCUT2D eigenvalue weighted by Crippen LogP contribution is 2.50. The fraction of sp³-hybridized carbons (Fsp3) is 0.542. The largest absolute Gasteiger partial charge is 0.464 e. The maximum Gasteiger partial charge on any atom is 0.278 e. The predicted molar refractivity (Wildman–Crippen MR) is 117 cm³/mol. The second-order valence-corrected chi connectivity index (χ2v) is 8.61. The molecule has 10 nitrogen and oxygen atoms in total. The number of aliphatic hydroxyl groups excluding tert-OH is 1. The Labute approximate surface area is 197 Å². The zero-order valence-corrected chi connectivity index (χ0v) is 19.7. The molecule has 0 radical (unpaired) electrons. The van der Waals surface area contributed by atoms with Crippen LogP contribution in [-0.4, -0.2) is 79.3 Å². The average molecular weight is 475 g/mol. The first-order valence-electron chi connectivity index (χ1n) is 11.0. The van der Waals surface area contributed by atoms with Crippen LogP contribution in [0.2, 0.25) is 0 Å². The van der Waals surface area contributed by atoms with Crippen LogP contribution < -0.4 is 5.32 Å². The molecule has 1 aromatic rings. The van der Waals surface area contributed by atoms with Gasteiger partial charge in [0, 0.05) is 38.9 Å². The number of hydrogen-bond acceptors (Lipinski definition) is 9. The van der Waals surface area contributed by atoms with Crippen molar-refractivity contribution in [3.63, 3.8) is 0 Å². The molecular formula is C24H29NO9. The van der Waals surface area contributed by atoms with Gasteiger partial charge >= 0.3 is 0 Å². The average Bonchev–Trinajstić information content (AvgIpc) is 3.45. The zero-order chi connectivity index (χ0) is 24.9. The molecule has 3 aliphatic rings. The van der Waals surface area contributed by atoms with Gasteiger partial charge in [-0.15, -0.1) is 0 Å². The van der Waals surface area contributed by atoms with Crippen LogP contribution in [0.4, 0.5) is 0 Å². The minimum Gasteiger partial charge on any atom is -0.464 e. The van der Waals surface area contributed by atoms with Crippen LogP contribution in [0.1, 0.15) is 37.0 Å². The van der Waals surface area contributed by atoms with Crippen molar-refractivity contribution in [2.75, 3.05) is 21.3 Å². The normalized spacial score (nSPS) is 37.4. The van der Waals surface area contributed by atoms with Crippen molar-refractivity contribution in [3.8, 4) is 0 Å². The molecule has 0 unspecified atom stereocenters. The van der Waals surface area contributed by atoms with E-state index in [4.69, 9.17) is 23.7 Å². The molecule has 0 aliphatic carbocycles. The van der Waals surface area contributed by atoms with E-state index in [9.17, 15) is 19.5 Å². The second kappa shape index (κ2) is 8.54. The van der Waals surface area contributed by atoms with Crippen molar-refractivity contribution >= 4 is 17.5 Å². The molecule has 1 aromatic carbocycles. The van der Waals surface area contributed by atoms with Crippen LogP contribution in [0.3, 0.4) is 0 Å². The van der Waals surface area contributed by atoms with Crippen LogP contribution in [0, 0.1) is 0 Å². The van der Waals surface area contributed by atoms with Crippen LogP contribution in [-0.2, 0) is 33.3 Å². The number of benzene rings is 1. The summed E-state index contributed by atoms with van der Waals surface area (Å²) in [5, 5.41) is 13.8. The lowest BCUT2D eigenvalue weighted by Gasteiger charge is -2.34. The van der Waals surface area contributed by atoms with Crippen molar-refractivity contribution in [2.45, 2.75) is 62.1 Å². The zero-order valence-electron chi connectivity index (χ0n) is 19.7. The summed E-state index contributed by atoms with van der Waals surface area (Å²) in [7, 11) is 4.10. The Hall–Kier alpha value is -2.63. The van der Waals surface area contributed by atoms with Crippen molar-refractivity contribution in [3.05, 3.63) is 47.2 Å². The highest BCUT2D eigenvalue weighted by Gasteiger charge is 2.75. The highest BCUT2D eigenvalue weighted by atomic mass is 16.7. The van der Waals surface area contributed by atoms with Crippen LogP contribution in [0.5, 0.6) is 0 Å². The topological polar surface area (TPSA) is 130 Å². The van der Waals surface area contributed by atoms with E-state index >= 15 is 0 Å². The summed E-state index contributed by atoms with van der Waals surface area (Å²) < 4.78 is 28.7. The minimum absolute atomic E-state index is 0.0359. The van der Waals surface area contributed by atoms with Crippen molar-refractivity contribution in [2.24, 2.45) is 0 Å². The number of aliphatic hydroxyl groups is 1. The molecule has 0 bridgehead atoms.